The second-order valence-electron chi connectivity index (χ2n) is 11.9. The van der Waals surface area contributed by atoms with Crippen LogP contribution in [0.15, 0.2) is 48.5 Å². The first-order valence-corrected chi connectivity index (χ1v) is 15.0. The number of amides is 2. The van der Waals surface area contributed by atoms with Crippen LogP contribution in [0.2, 0.25) is 0 Å². The maximum Gasteiger partial charge on any atom is 0.410 e. The van der Waals surface area contributed by atoms with Crippen LogP contribution in [-0.4, -0.2) is 79.6 Å². The van der Waals surface area contributed by atoms with Crippen molar-refractivity contribution in [3.05, 3.63) is 54.1 Å². The highest BCUT2D eigenvalue weighted by Crippen LogP contribution is 2.32. The molecule has 0 bridgehead atoms. The van der Waals surface area contributed by atoms with E-state index in [1.54, 1.807) is 7.11 Å². The van der Waals surface area contributed by atoms with Gasteiger partial charge in [0.05, 0.1) is 26.9 Å². The summed E-state index contributed by atoms with van der Waals surface area (Å²) in [6, 6.07) is 15.3. The SMILES string of the molecule is CCOc1cccc(CN(C(=O)OC(C)(C)C)C2CCC(C(=O)N3CCO[C@H](COc4ccccc4OC)C3)CC2)c1. The largest absolute Gasteiger partial charge is 0.494 e. The van der Waals surface area contributed by atoms with E-state index in [1.807, 2.05) is 86.0 Å². The van der Waals surface area contributed by atoms with Gasteiger partial charge in [-0.2, -0.15) is 0 Å². The van der Waals surface area contributed by atoms with Crippen molar-refractivity contribution in [3.8, 4) is 17.2 Å². The average molecular weight is 583 g/mol. The molecule has 0 radical (unpaired) electrons. The van der Waals surface area contributed by atoms with Crippen molar-refractivity contribution < 1.29 is 33.3 Å². The molecule has 230 valence electrons. The summed E-state index contributed by atoms with van der Waals surface area (Å²) in [5.41, 5.74) is 0.387. The highest BCUT2D eigenvalue weighted by atomic mass is 16.6. The molecule has 9 heteroatoms. The van der Waals surface area contributed by atoms with E-state index in [0.29, 0.717) is 51.0 Å². The summed E-state index contributed by atoms with van der Waals surface area (Å²) >= 11 is 0. The summed E-state index contributed by atoms with van der Waals surface area (Å²) in [6.07, 6.45) is 2.39. The summed E-state index contributed by atoms with van der Waals surface area (Å²) in [7, 11) is 1.61. The minimum atomic E-state index is -0.599. The molecule has 2 amide bonds. The number of carbonyl (C=O) groups excluding carboxylic acids is 2. The summed E-state index contributed by atoms with van der Waals surface area (Å²) in [4.78, 5) is 30.6. The number of carbonyl (C=O) groups is 2. The van der Waals surface area contributed by atoms with Crippen LogP contribution in [0.1, 0.15) is 58.9 Å². The number of morpholine rings is 1. The number of rotatable bonds is 10. The van der Waals surface area contributed by atoms with Gasteiger partial charge in [-0.1, -0.05) is 24.3 Å². The zero-order valence-corrected chi connectivity index (χ0v) is 25.7. The van der Waals surface area contributed by atoms with Gasteiger partial charge in [0.2, 0.25) is 5.91 Å². The zero-order valence-electron chi connectivity index (χ0n) is 25.7. The Morgan fingerprint density at radius 1 is 1.00 bits per heavy atom. The lowest BCUT2D eigenvalue weighted by molar-refractivity contribution is -0.145. The summed E-state index contributed by atoms with van der Waals surface area (Å²) in [5.74, 6) is 2.19. The van der Waals surface area contributed by atoms with E-state index in [4.69, 9.17) is 23.7 Å². The number of benzene rings is 2. The minimum Gasteiger partial charge on any atom is -0.494 e. The Morgan fingerprint density at radius 2 is 1.74 bits per heavy atom. The Balaban J connectivity index is 1.34. The van der Waals surface area contributed by atoms with Gasteiger partial charge in [-0.15, -0.1) is 0 Å². The number of methoxy groups -OCH3 is 1. The van der Waals surface area contributed by atoms with Gasteiger partial charge in [0.15, 0.2) is 11.5 Å². The van der Waals surface area contributed by atoms with Crippen molar-refractivity contribution in [2.45, 2.75) is 77.7 Å². The minimum absolute atomic E-state index is 0.00802. The van der Waals surface area contributed by atoms with Gasteiger partial charge in [-0.3, -0.25) is 4.79 Å². The average Bonchev–Trinajstić information content (AvgIpc) is 2.98. The predicted molar refractivity (Wildman–Crippen MR) is 160 cm³/mol. The Bertz CT molecular complexity index is 1170. The van der Waals surface area contributed by atoms with E-state index in [-0.39, 0.29) is 30.1 Å². The lowest BCUT2D eigenvalue weighted by atomic mass is 9.84. The molecule has 1 aliphatic heterocycles. The second-order valence-corrected chi connectivity index (χ2v) is 11.9. The van der Waals surface area contributed by atoms with E-state index in [9.17, 15) is 9.59 Å². The molecule has 4 rings (SSSR count). The van der Waals surface area contributed by atoms with Crippen molar-refractivity contribution in [2.24, 2.45) is 5.92 Å². The molecule has 1 atom stereocenters. The van der Waals surface area contributed by atoms with Crippen molar-refractivity contribution in [1.82, 2.24) is 9.80 Å². The highest BCUT2D eigenvalue weighted by Gasteiger charge is 2.36. The van der Waals surface area contributed by atoms with Crippen LogP contribution >= 0.6 is 0 Å². The second kappa shape index (κ2) is 14.6. The van der Waals surface area contributed by atoms with Crippen LogP contribution in [-0.2, 0) is 20.8 Å². The Morgan fingerprint density at radius 3 is 2.43 bits per heavy atom. The van der Waals surface area contributed by atoms with Gasteiger partial charge >= 0.3 is 6.09 Å². The van der Waals surface area contributed by atoms with Crippen LogP contribution in [0.5, 0.6) is 17.2 Å². The van der Waals surface area contributed by atoms with Gasteiger partial charge in [-0.25, -0.2) is 4.79 Å². The fraction of sp³-hybridized carbons (Fsp3) is 0.576. The fourth-order valence-corrected chi connectivity index (χ4v) is 5.59. The molecule has 2 aliphatic rings. The molecule has 0 aromatic heterocycles. The molecule has 2 aromatic carbocycles. The van der Waals surface area contributed by atoms with Crippen LogP contribution in [0, 0.1) is 5.92 Å². The molecule has 1 saturated carbocycles. The van der Waals surface area contributed by atoms with Gasteiger partial charge in [-0.05, 0) is 83.2 Å². The molecule has 0 N–H and O–H groups in total. The maximum absolute atomic E-state index is 13.6. The molecule has 1 heterocycles. The summed E-state index contributed by atoms with van der Waals surface area (Å²) in [5, 5.41) is 0. The first kappa shape index (κ1) is 31.5. The predicted octanol–water partition coefficient (Wildman–Crippen LogP) is 5.70. The first-order chi connectivity index (χ1) is 20.2. The molecule has 1 aliphatic carbocycles. The molecular weight excluding hydrogens is 536 g/mol. The summed E-state index contributed by atoms with van der Waals surface area (Å²) in [6.45, 7) is 10.5. The van der Waals surface area contributed by atoms with Crippen molar-refractivity contribution in [1.29, 1.82) is 0 Å². The highest BCUT2D eigenvalue weighted by molar-refractivity contribution is 5.79. The number of nitrogens with zero attached hydrogens (tertiary/aromatic N) is 2. The first-order valence-electron chi connectivity index (χ1n) is 15.0. The number of ether oxygens (including phenoxy) is 5. The van der Waals surface area contributed by atoms with Crippen molar-refractivity contribution in [2.75, 3.05) is 40.0 Å². The quantitative estimate of drug-likeness (QED) is 0.355. The van der Waals surface area contributed by atoms with Crippen LogP contribution < -0.4 is 14.2 Å². The molecule has 2 fully saturated rings. The molecule has 0 unspecified atom stereocenters. The maximum atomic E-state index is 13.6. The third kappa shape index (κ3) is 8.77. The van der Waals surface area contributed by atoms with E-state index in [1.165, 1.54) is 0 Å². The van der Waals surface area contributed by atoms with Gasteiger partial charge in [0.1, 0.15) is 24.1 Å². The van der Waals surface area contributed by atoms with E-state index >= 15 is 0 Å². The topological polar surface area (TPSA) is 86.8 Å². The number of para-hydroxylation sites is 2. The van der Waals surface area contributed by atoms with E-state index in [2.05, 4.69) is 0 Å². The third-order valence-electron chi connectivity index (χ3n) is 7.62. The molecule has 9 nitrogen and oxygen atoms in total. The van der Waals surface area contributed by atoms with Crippen LogP contribution in [0.4, 0.5) is 4.79 Å². The van der Waals surface area contributed by atoms with Crippen molar-refractivity contribution >= 4 is 12.0 Å². The van der Waals surface area contributed by atoms with E-state index in [0.717, 1.165) is 37.0 Å². The zero-order chi connectivity index (χ0) is 30.1. The monoisotopic (exact) mass is 582 g/mol. The molecule has 0 spiro atoms. The Labute approximate surface area is 250 Å². The fourth-order valence-electron chi connectivity index (χ4n) is 5.59. The van der Waals surface area contributed by atoms with Crippen molar-refractivity contribution in [3.63, 3.8) is 0 Å². The smallest absolute Gasteiger partial charge is 0.410 e. The number of hydrogen-bond acceptors (Lipinski definition) is 7. The van der Waals surface area contributed by atoms with Gasteiger partial charge in [0, 0.05) is 25.0 Å². The van der Waals surface area contributed by atoms with Gasteiger partial charge in [0.25, 0.3) is 0 Å². The lowest BCUT2D eigenvalue weighted by Crippen LogP contribution is -2.51. The normalized spacial score (nSPS) is 20.9. The van der Waals surface area contributed by atoms with E-state index < -0.39 is 5.60 Å². The van der Waals surface area contributed by atoms with Crippen LogP contribution in [0.25, 0.3) is 0 Å². The Kier molecular flexibility index (Phi) is 11.0. The standard InChI is InChI=1S/C33H46N2O7/c1-6-39-27-11-9-10-24(20-27)21-35(32(37)42-33(2,3)4)26-16-14-25(15-17-26)31(36)34-18-19-40-28(22-34)23-41-30-13-8-7-12-29(30)38-5/h7-13,20,25-26,28H,6,14-19,21-23H2,1-5H3/t25?,26?,28-/m0/s1. The third-order valence-corrected chi connectivity index (χ3v) is 7.62. The number of hydrogen-bond donors (Lipinski definition) is 0. The molecule has 1 saturated heterocycles. The molecular formula is C33H46N2O7. The van der Waals surface area contributed by atoms with Gasteiger partial charge < -0.3 is 33.5 Å². The molecule has 42 heavy (non-hydrogen) atoms. The molecule has 2 aromatic rings. The lowest BCUT2D eigenvalue weighted by Gasteiger charge is -2.39. The summed E-state index contributed by atoms with van der Waals surface area (Å²) < 4.78 is 28.7. The Hall–Kier alpha value is -3.46. The van der Waals surface area contributed by atoms with Crippen LogP contribution in [0.3, 0.4) is 0 Å².